The quantitative estimate of drug-likeness (QED) is 0.595. The van der Waals surface area contributed by atoms with Gasteiger partial charge >= 0.3 is 0 Å². The zero-order valence-electron chi connectivity index (χ0n) is 14.8. The molecule has 1 aliphatic rings. The summed E-state index contributed by atoms with van der Waals surface area (Å²) < 4.78 is 27.0. The average Bonchev–Trinajstić information content (AvgIpc) is 2.60. The van der Waals surface area contributed by atoms with E-state index >= 15 is 0 Å². The van der Waals surface area contributed by atoms with Crippen molar-refractivity contribution in [1.82, 2.24) is 0 Å². The van der Waals surface area contributed by atoms with Gasteiger partial charge in [-0.2, -0.15) is 23.5 Å². The monoisotopic (exact) mass is 400 g/mol. The van der Waals surface area contributed by atoms with Gasteiger partial charge in [0.2, 0.25) is 0 Å². The van der Waals surface area contributed by atoms with Crippen LogP contribution >= 0.6 is 23.5 Å². The lowest BCUT2D eigenvalue weighted by Crippen LogP contribution is -2.21. The number of aliphatic hydroxyl groups excluding tert-OH is 2. The minimum Gasteiger partial charge on any atom is -0.390 e. The van der Waals surface area contributed by atoms with Crippen LogP contribution in [0.1, 0.15) is 0 Å². The molecule has 25 heavy (non-hydrogen) atoms. The zero-order chi connectivity index (χ0) is 18.0. The van der Waals surface area contributed by atoms with E-state index in [1.165, 1.54) is 0 Å². The van der Waals surface area contributed by atoms with Crippen molar-refractivity contribution in [1.29, 1.82) is 0 Å². The molecule has 0 radical (unpaired) electrons. The van der Waals surface area contributed by atoms with Crippen molar-refractivity contribution >= 4 is 23.5 Å². The van der Waals surface area contributed by atoms with Crippen LogP contribution in [0.2, 0.25) is 0 Å². The third-order valence-electron chi connectivity index (χ3n) is 3.10. The molecule has 0 amide bonds. The molecule has 2 unspecified atom stereocenters. The molecular formula is C16H32O7S2. The highest BCUT2D eigenvalue weighted by Gasteiger charge is 2.06. The van der Waals surface area contributed by atoms with E-state index < -0.39 is 12.2 Å². The third kappa shape index (κ3) is 16.3. The standard InChI is InChI=1S/C16H32O7S2/c17-15-11-22-5-3-19-1-2-20-4-6-23-12-16(18)14-25-10-8-21-7-9-24-13-15/h15-18H,1-14H2. The Morgan fingerprint density at radius 3 is 1.32 bits per heavy atom. The van der Waals surface area contributed by atoms with Gasteiger partial charge in [-0.1, -0.05) is 0 Å². The summed E-state index contributed by atoms with van der Waals surface area (Å²) in [4.78, 5) is 0. The molecule has 0 aromatic rings. The molecule has 1 rings (SSSR count). The lowest BCUT2D eigenvalue weighted by molar-refractivity contribution is -0.0203. The number of aliphatic hydroxyl groups is 2. The molecule has 0 aliphatic carbocycles. The second-order valence-corrected chi connectivity index (χ2v) is 7.74. The molecule has 9 heteroatoms. The molecule has 150 valence electrons. The number of hydrogen-bond donors (Lipinski definition) is 2. The van der Waals surface area contributed by atoms with Crippen molar-refractivity contribution in [3.05, 3.63) is 0 Å². The molecule has 0 aromatic heterocycles. The van der Waals surface area contributed by atoms with Crippen LogP contribution in [0.3, 0.4) is 0 Å². The molecule has 1 fully saturated rings. The summed E-state index contributed by atoms with van der Waals surface area (Å²) in [6.45, 7) is 4.87. The summed E-state index contributed by atoms with van der Waals surface area (Å²) in [5.41, 5.74) is 0. The van der Waals surface area contributed by atoms with Gasteiger partial charge in [0.25, 0.3) is 0 Å². The Hall–Kier alpha value is 0.420. The van der Waals surface area contributed by atoms with Crippen LogP contribution in [0.4, 0.5) is 0 Å². The largest absolute Gasteiger partial charge is 0.390 e. The summed E-state index contributed by atoms with van der Waals surface area (Å²) >= 11 is 3.30. The van der Waals surface area contributed by atoms with E-state index in [1.54, 1.807) is 23.5 Å². The van der Waals surface area contributed by atoms with Gasteiger partial charge in [0.05, 0.1) is 78.3 Å². The molecule has 0 saturated carbocycles. The highest BCUT2D eigenvalue weighted by atomic mass is 32.2. The maximum atomic E-state index is 9.79. The molecule has 2 N–H and O–H groups in total. The smallest absolute Gasteiger partial charge is 0.0863 e. The minimum absolute atomic E-state index is 0.323. The topological polar surface area (TPSA) is 86.6 Å². The maximum Gasteiger partial charge on any atom is 0.0863 e. The fourth-order valence-corrected chi connectivity index (χ4v) is 3.41. The van der Waals surface area contributed by atoms with Crippen molar-refractivity contribution in [2.75, 3.05) is 89.1 Å². The third-order valence-corrected chi connectivity index (χ3v) is 5.25. The Labute approximate surface area is 159 Å². The number of ether oxygens (including phenoxy) is 5. The van der Waals surface area contributed by atoms with Gasteiger partial charge in [0.15, 0.2) is 0 Å². The summed E-state index contributed by atoms with van der Waals surface area (Å²) in [7, 11) is 0. The number of rotatable bonds is 0. The van der Waals surface area contributed by atoms with Gasteiger partial charge in [-0.3, -0.25) is 0 Å². The number of thioether (sulfide) groups is 2. The van der Waals surface area contributed by atoms with Crippen LogP contribution in [0, 0.1) is 0 Å². The molecule has 1 saturated heterocycles. The fraction of sp³-hybridized carbons (Fsp3) is 1.00. The second kappa shape index (κ2) is 17.8. The van der Waals surface area contributed by atoms with Gasteiger partial charge in [0, 0.05) is 23.0 Å². The molecule has 2 atom stereocenters. The van der Waals surface area contributed by atoms with Crippen molar-refractivity contribution in [2.45, 2.75) is 12.2 Å². The molecule has 1 aliphatic heterocycles. The fourth-order valence-electron chi connectivity index (χ4n) is 1.87. The van der Waals surface area contributed by atoms with Crippen molar-refractivity contribution in [2.24, 2.45) is 0 Å². The zero-order valence-corrected chi connectivity index (χ0v) is 16.4. The Kier molecular flexibility index (Phi) is 16.7. The number of hydrogen-bond acceptors (Lipinski definition) is 9. The lowest BCUT2D eigenvalue weighted by atomic mass is 10.4. The van der Waals surface area contributed by atoms with Crippen LogP contribution in [0.25, 0.3) is 0 Å². The summed E-state index contributed by atoms with van der Waals surface area (Å²) in [6, 6.07) is 0. The SMILES string of the molecule is OC1COCCOCCOCCOCC(O)CSCCOCCSC1. The first-order valence-corrected chi connectivity index (χ1v) is 11.0. The van der Waals surface area contributed by atoms with Crippen molar-refractivity contribution in [3.63, 3.8) is 0 Å². The Morgan fingerprint density at radius 1 is 0.520 bits per heavy atom. The van der Waals surface area contributed by atoms with Crippen LogP contribution in [-0.2, 0) is 23.7 Å². The van der Waals surface area contributed by atoms with E-state index in [0.29, 0.717) is 77.6 Å². The second-order valence-electron chi connectivity index (χ2n) is 5.44. The maximum absolute atomic E-state index is 9.79. The van der Waals surface area contributed by atoms with Gasteiger partial charge < -0.3 is 33.9 Å². The average molecular weight is 401 g/mol. The highest BCUT2D eigenvalue weighted by Crippen LogP contribution is 2.06. The highest BCUT2D eigenvalue weighted by molar-refractivity contribution is 7.99. The molecule has 0 spiro atoms. The van der Waals surface area contributed by atoms with Gasteiger partial charge in [0.1, 0.15) is 0 Å². The first kappa shape index (κ1) is 23.5. The van der Waals surface area contributed by atoms with Crippen LogP contribution in [0.15, 0.2) is 0 Å². The van der Waals surface area contributed by atoms with Crippen LogP contribution < -0.4 is 0 Å². The molecular weight excluding hydrogens is 368 g/mol. The van der Waals surface area contributed by atoms with E-state index in [0.717, 1.165) is 11.5 Å². The van der Waals surface area contributed by atoms with Gasteiger partial charge in [-0.15, -0.1) is 0 Å². The van der Waals surface area contributed by atoms with Crippen LogP contribution in [-0.4, -0.2) is 112 Å². The molecule has 7 nitrogen and oxygen atoms in total. The summed E-state index contributed by atoms with van der Waals surface area (Å²) in [5, 5.41) is 19.6. The lowest BCUT2D eigenvalue weighted by Gasteiger charge is -2.11. The predicted molar refractivity (Wildman–Crippen MR) is 101 cm³/mol. The summed E-state index contributed by atoms with van der Waals surface area (Å²) in [6.07, 6.45) is -0.932. The van der Waals surface area contributed by atoms with Gasteiger partial charge in [-0.25, -0.2) is 0 Å². The van der Waals surface area contributed by atoms with Crippen LogP contribution in [0.5, 0.6) is 0 Å². The molecule has 1 heterocycles. The van der Waals surface area contributed by atoms with E-state index in [1.807, 2.05) is 0 Å². The first-order valence-electron chi connectivity index (χ1n) is 8.69. The van der Waals surface area contributed by atoms with E-state index in [4.69, 9.17) is 23.7 Å². The van der Waals surface area contributed by atoms with Gasteiger partial charge in [-0.05, 0) is 0 Å². The van der Waals surface area contributed by atoms with E-state index in [-0.39, 0.29) is 0 Å². The Balaban J connectivity index is 2.14. The van der Waals surface area contributed by atoms with Crippen molar-refractivity contribution < 1.29 is 33.9 Å². The molecule has 0 bridgehead atoms. The normalized spacial score (nSPS) is 29.0. The van der Waals surface area contributed by atoms with E-state index in [9.17, 15) is 10.2 Å². The first-order chi connectivity index (χ1) is 12.3. The Morgan fingerprint density at radius 2 is 0.880 bits per heavy atom. The minimum atomic E-state index is -0.466. The summed E-state index contributed by atoms with van der Waals surface area (Å²) in [5.74, 6) is 2.97. The van der Waals surface area contributed by atoms with E-state index in [2.05, 4.69) is 0 Å². The van der Waals surface area contributed by atoms with Crippen molar-refractivity contribution in [3.8, 4) is 0 Å². The molecule has 0 aromatic carbocycles. The Bertz CT molecular complexity index is 261. The predicted octanol–water partition coefficient (Wildman–Crippen LogP) is 0.271.